The minimum Gasteiger partial charge on any atom is -0.296 e. The highest BCUT2D eigenvalue weighted by Gasteiger charge is 2.15. The topological polar surface area (TPSA) is 59.8 Å². The van der Waals surface area contributed by atoms with Crippen molar-refractivity contribution in [3.8, 4) is 0 Å². The molecule has 1 amide bonds. The lowest BCUT2D eigenvalue weighted by atomic mass is 10.3. The van der Waals surface area contributed by atoms with Crippen LogP contribution >= 0.6 is 11.3 Å². The van der Waals surface area contributed by atoms with Crippen molar-refractivity contribution < 1.29 is 9.18 Å². The average molecular weight is 290 g/mol. The van der Waals surface area contributed by atoms with Crippen LogP contribution in [0.2, 0.25) is 0 Å². The van der Waals surface area contributed by atoms with Gasteiger partial charge in [0.1, 0.15) is 5.82 Å². The SMILES string of the molecule is Cc1cn(C)nc1C(=O)Nc1nc2ccc(F)cc2s1. The summed E-state index contributed by atoms with van der Waals surface area (Å²) in [7, 11) is 1.75. The fraction of sp³-hybridized carbons (Fsp3) is 0.154. The van der Waals surface area contributed by atoms with Crippen LogP contribution in [-0.4, -0.2) is 20.7 Å². The Morgan fingerprint density at radius 1 is 1.45 bits per heavy atom. The maximum absolute atomic E-state index is 13.1. The highest BCUT2D eigenvalue weighted by atomic mass is 32.1. The van der Waals surface area contributed by atoms with Crippen molar-refractivity contribution >= 4 is 32.6 Å². The first-order valence-electron chi connectivity index (χ1n) is 5.90. The Morgan fingerprint density at radius 2 is 2.25 bits per heavy atom. The molecule has 20 heavy (non-hydrogen) atoms. The molecule has 1 N–H and O–H groups in total. The molecule has 3 rings (SSSR count). The number of hydrogen-bond acceptors (Lipinski definition) is 4. The molecule has 0 radical (unpaired) electrons. The van der Waals surface area contributed by atoms with Gasteiger partial charge in [0.25, 0.3) is 5.91 Å². The van der Waals surface area contributed by atoms with E-state index in [0.717, 1.165) is 5.56 Å². The van der Waals surface area contributed by atoms with Crippen LogP contribution in [0.25, 0.3) is 10.2 Å². The summed E-state index contributed by atoms with van der Waals surface area (Å²) >= 11 is 1.23. The molecular weight excluding hydrogens is 279 g/mol. The van der Waals surface area contributed by atoms with Gasteiger partial charge in [0, 0.05) is 18.8 Å². The number of carbonyl (C=O) groups is 1. The third kappa shape index (κ3) is 2.27. The summed E-state index contributed by atoms with van der Waals surface area (Å²) in [6.45, 7) is 1.82. The molecule has 0 unspecified atom stereocenters. The number of halogens is 1. The first kappa shape index (κ1) is 12.7. The second-order valence-corrected chi connectivity index (χ2v) is 5.45. The standard InChI is InChI=1S/C13H11FN4OS/c1-7-6-18(2)17-11(7)12(19)16-13-15-9-4-3-8(14)5-10(9)20-13/h3-6H,1-2H3,(H,15,16,19). The largest absolute Gasteiger partial charge is 0.296 e. The Balaban J connectivity index is 1.89. The number of hydrogen-bond donors (Lipinski definition) is 1. The Hall–Kier alpha value is -2.28. The Kier molecular flexibility index (Phi) is 2.98. The number of aryl methyl sites for hydroxylation is 2. The van der Waals surface area contributed by atoms with E-state index in [1.807, 2.05) is 6.92 Å². The Morgan fingerprint density at radius 3 is 2.95 bits per heavy atom. The summed E-state index contributed by atoms with van der Waals surface area (Å²) in [5.74, 6) is -0.637. The number of fused-ring (bicyclic) bond motifs is 1. The van der Waals surface area contributed by atoms with E-state index in [0.29, 0.717) is 21.0 Å². The fourth-order valence-corrected chi connectivity index (χ4v) is 2.83. The zero-order valence-corrected chi connectivity index (χ0v) is 11.7. The number of aromatic nitrogens is 3. The molecule has 0 aliphatic carbocycles. The van der Waals surface area contributed by atoms with Crippen LogP contribution in [0.5, 0.6) is 0 Å². The molecule has 102 valence electrons. The number of nitrogens with zero attached hydrogens (tertiary/aromatic N) is 3. The van der Waals surface area contributed by atoms with Crippen molar-refractivity contribution in [2.24, 2.45) is 7.05 Å². The van der Waals surface area contributed by atoms with Crippen LogP contribution in [0.4, 0.5) is 9.52 Å². The quantitative estimate of drug-likeness (QED) is 0.789. The molecule has 2 aromatic heterocycles. The molecule has 0 bridgehead atoms. The number of anilines is 1. The summed E-state index contributed by atoms with van der Waals surface area (Å²) < 4.78 is 15.4. The van der Waals surface area contributed by atoms with E-state index >= 15 is 0 Å². The fourth-order valence-electron chi connectivity index (χ4n) is 1.94. The molecule has 7 heteroatoms. The molecule has 0 spiro atoms. The summed E-state index contributed by atoms with van der Waals surface area (Å²) in [6.07, 6.45) is 1.77. The Labute approximate surface area is 118 Å². The molecule has 0 aliphatic rings. The van der Waals surface area contributed by atoms with Gasteiger partial charge in [-0.15, -0.1) is 0 Å². The molecule has 0 aliphatic heterocycles. The van der Waals surface area contributed by atoms with Crippen LogP contribution in [0.15, 0.2) is 24.4 Å². The Bertz CT molecular complexity index is 808. The number of nitrogens with one attached hydrogen (secondary N) is 1. The van der Waals surface area contributed by atoms with Gasteiger partial charge in [-0.1, -0.05) is 11.3 Å². The van der Waals surface area contributed by atoms with Crippen LogP contribution < -0.4 is 5.32 Å². The second kappa shape index (κ2) is 4.68. The maximum Gasteiger partial charge on any atom is 0.278 e. The van der Waals surface area contributed by atoms with Gasteiger partial charge < -0.3 is 0 Å². The monoisotopic (exact) mass is 290 g/mol. The number of amides is 1. The summed E-state index contributed by atoms with van der Waals surface area (Å²) in [5.41, 5.74) is 1.81. The molecule has 0 saturated heterocycles. The highest BCUT2D eigenvalue weighted by Crippen LogP contribution is 2.26. The molecule has 2 heterocycles. The van der Waals surface area contributed by atoms with Gasteiger partial charge in [-0.05, 0) is 25.1 Å². The van der Waals surface area contributed by atoms with E-state index in [1.165, 1.54) is 23.5 Å². The van der Waals surface area contributed by atoms with Gasteiger partial charge in [-0.25, -0.2) is 9.37 Å². The van der Waals surface area contributed by atoms with Crippen LogP contribution in [-0.2, 0) is 7.05 Å². The van der Waals surface area contributed by atoms with E-state index in [2.05, 4.69) is 15.4 Å². The molecule has 0 atom stereocenters. The predicted octanol–water partition coefficient (Wildman–Crippen LogP) is 2.73. The molecule has 3 aromatic rings. The predicted molar refractivity (Wildman–Crippen MR) is 75.5 cm³/mol. The number of carbonyl (C=O) groups excluding carboxylic acids is 1. The number of thiazole rings is 1. The van der Waals surface area contributed by atoms with Crippen molar-refractivity contribution in [3.63, 3.8) is 0 Å². The third-order valence-electron chi connectivity index (χ3n) is 2.80. The van der Waals surface area contributed by atoms with Crippen molar-refractivity contribution in [2.75, 3.05) is 5.32 Å². The first-order valence-corrected chi connectivity index (χ1v) is 6.72. The zero-order valence-electron chi connectivity index (χ0n) is 10.8. The first-order chi connectivity index (χ1) is 9.52. The van der Waals surface area contributed by atoms with Crippen molar-refractivity contribution in [1.82, 2.24) is 14.8 Å². The zero-order chi connectivity index (χ0) is 14.3. The number of rotatable bonds is 2. The van der Waals surface area contributed by atoms with Gasteiger partial charge in [0.05, 0.1) is 10.2 Å². The smallest absolute Gasteiger partial charge is 0.278 e. The van der Waals surface area contributed by atoms with Gasteiger partial charge in [-0.3, -0.25) is 14.8 Å². The van der Waals surface area contributed by atoms with Crippen molar-refractivity contribution in [2.45, 2.75) is 6.92 Å². The van der Waals surface area contributed by atoms with Gasteiger partial charge in [-0.2, -0.15) is 5.10 Å². The normalized spacial score (nSPS) is 10.9. The van der Waals surface area contributed by atoms with Crippen LogP contribution in [0, 0.1) is 12.7 Å². The lowest BCUT2D eigenvalue weighted by Gasteiger charge is -1.98. The summed E-state index contributed by atoms with van der Waals surface area (Å²) in [5, 5.41) is 7.22. The molecular formula is C13H11FN4OS. The van der Waals surface area contributed by atoms with Crippen LogP contribution in [0.3, 0.4) is 0 Å². The lowest BCUT2D eigenvalue weighted by Crippen LogP contribution is -2.13. The van der Waals surface area contributed by atoms with E-state index in [1.54, 1.807) is 24.0 Å². The summed E-state index contributed by atoms with van der Waals surface area (Å²) in [4.78, 5) is 16.3. The van der Waals surface area contributed by atoms with E-state index in [9.17, 15) is 9.18 Å². The third-order valence-corrected chi connectivity index (χ3v) is 3.73. The minimum absolute atomic E-state index is 0.317. The van der Waals surface area contributed by atoms with Gasteiger partial charge in [0.15, 0.2) is 10.8 Å². The lowest BCUT2D eigenvalue weighted by molar-refractivity contribution is 0.102. The molecule has 0 fully saturated rings. The van der Waals surface area contributed by atoms with Gasteiger partial charge >= 0.3 is 0 Å². The van der Waals surface area contributed by atoms with Crippen LogP contribution in [0.1, 0.15) is 16.1 Å². The van der Waals surface area contributed by atoms with Crippen molar-refractivity contribution in [1.29, 1.82) is 0 Å². The van der Waals surface area contributed by atoms with Gasteiger partial charge in [0.2, 0.25) is 0 Å². The van der Waals surface area contributed by atoms with E-state index < -0.39 is 0 Å². The number of benzene rings is 1. The van der Waals surface area contributed by atoms with Crippen molar-refractivity contribution in [3.05, 3.63) is 41.5 Å². The highest BCUT2D eigenvalue weighted by molar-refractivity contribution is 7.22. The molecule has 0 saturated carbocycles. The maximum atomic E-state index is 13.1. The average Bonchev–Trinajstić information content (AvgIpc) is 2.91. The molecule has 1 aromatic carbocycles. The minimum atomic E-state index is -0.320. The van der Waals surface area contributed by atoms with E-state index in [-0.39, 0.29) is 11.7 Å². The summed E-state index contributed by atoms with van der Waals surface area (Å²) in [6, 6.07) is 4.33. The molecule has 5 nitrogen and oxygen atoms in total. The second-order valence-electron chi connectivity index (χ2n) is 4.42. The van der Waals surface area contributed by atoms with E-state index in [4.69, 9.17) is 0 Å².